The summed E-state index contributed by atoms with van der Waals surface area (Å²) in [7, 11) is 0. The summed E-state index contributed by atoms with van der Waals surface area (Å²) >= 11 is 0. The van der Waals surface area contributed by atoms with Gasteiger partial charge in [0.1, 0.15) is 11.5 Å². The molecule has 138 valence electrons. The van der Waals surface area contributed by atoms with E-state index in [9.17, 15) is 28.1 Å². The molecule has 2 aromatic carbocycles. The molecule has 1 atom stereocenters. The van der Waals surface area contributed by atoms with Crippen LogP contribution in [0, 0.1) is 10.1 Å². The number of amides is 1. The molecule has 0 radical (unpaired) electrons. The smallest absolute Gasteiger partial charge is 0.416 e. The first-order valence-corrected chi connectivity index (χ1v) is 7.25. The lowest BCUT2D eigenvalue weighted by atomic mass is 10.0. The summed E-state index contributed by atoms with van der Waals surface area (Å²) in [6.07, 6.45) is -4.77. The van der Waals surface area contributed by atoms with E-state index in [0.717, 1.165) is 36.4 Å². The number of halogens is 3. The molecule has 0 saturated carbocycles. The molecular weight excluding hydrogens is 355 g/mol. The van der Waals surface area contributed by atoms with Gasteiger partial charge in [-0.2, -0.15) is 13.2 Å². The second-order valence-electron chi connectivity index (χ2n) is 5.38. The maximum Gasteiger partial charge on any atom is 0.416 e. The maximum absolute atomic E-state index is 12.6. The molecule has 2 rings (SSSR count). The van der Waals surface area contributed by atoms with Crippen LogP contribution in [0.25, 0.3) is 0 Å². The van der Waals surface area contributed by atoms with Crippen molar-refractivity contribution in [1.29, 1.82) is 0 Å². The number of rotatable bonds is 6. The van der Waals surface area contributed by atoms with Gasteiger partial charge < -0.3 is 16.2 Å². The van der Waals surface area contributed by atoms with Crippen LogP contribution in [0.2, 0.25) is 0 Å². The average Bonchev–Trinajstić information content (AvgIpc) is 2.54. The molecule has 1 amide bonds. The Morgan fingerprint density at radius 2 is 1.81 bits per heavy atom. The van der Waals surface area contributed by atoms with Crippen molar-refractivity contribution >= 4 is 11.6 Å². The number of nitrogens with two attached hydrogens (primary N) is 2. The fraction of sp³-hybridized carbons (Fsp3) is 0.188. The van der Waals surface area contributed by atoms with Crippen LogP contribution in [-0.4, -0.2) is 10.8 Å². The Balaban J connectivity index is 2.35. The van der Waals surface area contributed by atoms with Crippen molar-refractivity contribution in [3.05, 3.63) is 63.7 Å². The highest BCUT2D eigenvalue weighted by Gasteiger charge is 2.30. The largest absolute Gasteiger partial charge is 0.457 e. The molecule has 0 heterocycles. The van der Waals surface area contributed by atoms with Gasteiger partial charge in [-0.15, -0.1) is 0 Å². The van der Waals surface area contributed by atoms with Crippen LogP contribution in [0.4, 0.5) is 18.9 Å². The number of carbonyl (C=O) groups excluding carboxylic acids is 1. The van der Waals surface area contributed by atoms with Crippen LogP contribution >= 0.6 is 0 Å². The van der Waals surface area contributed by atoms with Gasteiger partial charge in [0.15, 0.2) is 0 Å². The third-order valence-corrected chi connectivity index (χ3v) is 3.43. The molecule has 0 saturated heterocycles. The molecule has 4 N–H and O–H groups in total. The number of nitro benzene ring substituents is 1. The quantitative estimate of drug-likeness (QED) is 0.598. The normalized spacial score (nSPS) is 12.5. The SMILES string of the molecule is NC(=O)CC(N)c1cc([N+](=O)[O-])ccc1Oc1ccc(C(F)(F)F)cc1. The van der Waals surface area contributed by atoms with Crippen molar-refractivity contribution in [2.24, 2.45) is 11.5 Å². The molecule has 0 aliphatic carbocycles. The zero-order valence-corrected chi connectivity index (χ0v) is 13.2. The first-order valence-electron chi connectivity index (χ1n) is 7.25. The topological polar surface area (TPSA) is 121 Å². The van der Waals surface area contributed by atoms with Crippen molar-refractivity contribution in [3.63, 3.8) is 0 Å². The van der Waals surface area contributed by atoms with Crippen molar-refractivity contribution in [3.8, 4) is 11.5 Å². The Morgan fingerprint density at radius 1 is 1.19 bits per heavy atom. The number of non-ortho nitro benzene ring substituents is 1. The number of nitro groups is 1. The monoisotopic (exact) mass is 369 g/mol. The fourth-order valence-electron chi connectivity index (χ4n) is 2.20. The summed E-state index contributed by atoms with van der Waals surface area (Å²) < 4.78 is 43.3. The first-order chi connectivity index (χ1) is 12.1. The number of primary amides is 1. The van der Waals surface area contributed by atoms with Crippen LogP contribution < -0.4 is 16.2 Å². The van der Waals surface area contributed by atoms with E-state index >= 15 is 0 Å². The summed E-state index contributed by atoms with van der Waals surface area (Å²) in [5.74, 6) is -0.576. The van der Waals surface area contributed by atoms with E-state index in [1.165, 1.54) is 6.07 Å². The first kappa shape index (κ1) is 19.2. The van der Waals surface area contributed by atoms with E-state index in [-0.39, 0.29) is 29.2 Å². The second-order valence-corrected chi connectivity index (χ2v) is 5.38. The number of benzene rings is 2. The highest BCUT2D eigenvalue weighted by molar-refractivity contribution is 5.75. The number of hydrogen-bond acceptors (Lipinski definition) is 5. The predicted octanol–water partition coefficient (Wildman–Crippen LogP) is 3.28. The molecule has 1 unspecified atom stereocenters. The molecule has 0 spiro atoms. The zero-order valence-electron chi connectivity index (χ0n) is 13.2. The van der Waals surface area contributed by atoms with Crippen LogP contribution in [0.15, 0.2) is 42.5 Å². The maximum atomic E-state index is 12.6. The third-order valence-electron chi connectivity index (χ3n) is 3.43. The Kier molecular flexibility index (Phi) is 5.46. The van der Waals surface area contributed by atoms with Gasteiger partial charge in [-0.25, -0.2) is 0 Å². The van der Waals surface area contributed by atoms with E-state index in [0.29, 0.717) is 0 Å². The molecule has 7 nitrogen and oxygen atoms in total. The Labute approximate surface area is 145 Å². The lowest BCUT2D eigenvalue weighted by Gasteiger charge is -2.16. The van der Waals surface area contributed by atoms with E-state index in [4.69, 9.17) is 16.2 Å². The van der Waals surface area contributed by atoms with Gasteiger partial charge in [-0.1, -0.05) is 0 Å². The summed E-state index contributed by atoms with van der Waals surface area (Å²) in [4.78, 5) is 21.3. The molecular formula is C16H14F3N3O4. The van der Waals surface area contributed by atoms with Gasteiger partial charge >= 0.3 is 6.18 Å². The Morgan fingerprint density at radius 3 is 2.31 bits per heavy atom. The number of carbonyl (C=O) groups is 1. The minimum absolute atomic E-state index is 0.0689. The van der Waals surface area contributed by atoms with E-state index in [2.05, 4.69) is 0 Å². The van der Waals surface area contributed by atoms with Crippen molar-refractivity contribution in [1.82, 2.24) is 0 Å². The van der Waals surface area contributed by atoms with Gasteiger partial charge in [-0.05, 0) is 30.3 Å². The second kappa shape index (κ2) is 7.40. The van der Waals surface area contributed by atoms with Crippen molar-refractivity contribution in [2.45, 2.75) is 18.6 Å². The standard InChI is InChI=1S/C16H14F3N3O4/c17-16(18,19)9-1-4-11(5-2-9)26-14-6-3-10(22(24)25)7-12(14)13(20)8-15(21)23/h1-7,13H,8,20H2,(H2,21,23). The van der Waals surface area contributed by atoms with Gasteiger partial charge in [-0.3, -0.25) is 14.9 Å². The fourth-order valence-corrected chi connectivity index (χ4v) is 2.20. The van der Waals surface area contributed by atoms with Crippen LogP contribution in [0.3, 0.4) is 0 Å². The van der Waals surface area contributed by atoms with E-state index < -0.39 is 28.6 Å². The number of hydrogen-bond donors (Lipinski definition) is 2. The number of ether oxygens (including phenoxy) is 1. The summed E-state index contributed by atoms with van der Waals surface area (Å²) in [5, 5.41) is 10.9. The number of alkyl halides is 3. The minimum atomic E-state index is -4.49. The van der Waals surface area contributed by atoms with Crippen molar-refractivity contribution in [2.75, 3.05) is 0 Å². The molecule has 2 aromatic rings. The summed E-state index contributed by atoms with van der Waals surface area (Å²) in [5.41, 5.74) is 9.95. The molecule has 10 heteroatoms. The zero-order chi connectivity index (χ0) is 19.5. The average molecular weight is 369 g/mol. The molecule has 0 aromatic heterocycles. The van der Waals surface area contributed by atoms with Gasteiger partial charge in [0.25, 0.3) is 5.69 Å². The highest BCUT2D eigenvalue weighted by atomic mass is 19.4. The molecule has 0 aliphatic rings. The van der Waals surface area contributed by atoms with Gasteiger partial charge in [0.2, 0.25) is 5.91 Å². The van der Waals surface area contributed by atoms with E-state index in [1.807, 2.05) is 0 Å². The molecule has 0 bridgehead atoms. The molecule has 0 fully saturated rings. The van der Waals surface area contributed by atoms with Gasteiger partial charge in [0, 0.05) is 30.2 Å². The minimum Gasteiger partial charge on any atom is -0.457 e. The van der Waals surface area contributed by atoms with Crippen LogP contribution in [-0.2, 0) is 11.0 Å². The summed E-state index contributed by atoms with van der Waals surface area (Å²) in [6.45, 7) is 0. The third kappa shape index (κ3) is 4.70. The predicted molar refractivity (Wildman–Crippen MR) is 85.4 cm³/mol. The number of nitrogens with zero attached hydrogens (tertiary/aromatic N) is 1. The van der Waals surface area contributed by atoms with E-state index in [1.54, 1.807) is 0 Å². The molecule has 26 heavy (non-hydrogen) atoms. The summed E-state index contributed by atoms with van der Waals surface area (Å²) in [6, 6.07) is 6.45. The van der Waals surface area contributed by atoms with Crippen molar-refractivity contribution < 1.29 is 27.6 Å². The highest BCUT2D eigenvalue weighted by Crippen LogP contribution is 2.35. The lowest BCUT2D eigenvalue weighted by molar-refractivity contribution is -0.385. The lowest BCUT2D eigenvalue weighted by Crippen LogP contribution is -2.21. The van der Waals surface area contributed by atoms with Gasteiger partial charge in [0.05, 0.1) is 10.5 Å². The Hall–Kier alpha value is -3.14. The Bertz CT molecular complexity index is 822. The van der Waals surface area contributed by atoms with Crippen LogP contribution in [0.5, 0.6) is 11.5 Å². The molecule has 0 aliphatic heterocycles. The van der Waals surface area contributed by atoms with Crippen LogP contribution in [0.1, 0.15) is 23.6 Å².